The van der Waals surface area contributed by atoms with Gasteiger partial charge in [-0.05, 0) is 37.4 Å². The molecule has 6 heteroatoms. The molecule has 0 bridgehead atoms. The molecule has 1 saturated heterocycles. The summed E-state index contributed by atoms with van der Waals surface area (Å²) in [5.41, 5.74) is 0.242. The fourth-order valence-corrected chi connectivity index (χ4v) is 2.16. The Morgan fingerprint density at radius 1 is 1.35 bits per heavy atom. The maximum Gasteiger partial charge on any atom is 0.393 e. The topological polar surface area (TPSA) is 29.9 Å². The SMILES string of the molecule is FC(F)(F)Cc1cnn(CC2CCNCC2)c1. The molecule has 0 unspecified atom stereocenters. The molecule has 1 N–H and O–H groups in total. The third kappa shape index (κ3) is 4.03. The lowest BCUT2D eigenvalue weighted by Gasteiger charge is -2.22. The van der Waals surface area contributed by atoms with E-state index in [0.717, 1.165) is 32.5 Å². The molecule has 2 heterocycles. The number of alkyl halides is 3. The summed E-state index contributed by atoms with van der Waals surface area (Å²) in [6.45, 7) is 2.70. The zero-order chi connectivity index (χ0) is 12.3. The Kier molecular flexibility index (Phi) is 3.71. The van der Waals surface area contributed by atoms with Crippen molar-refractivity contribution in [2.24, 2.45) is 5.92 Å². The standard InChI is InChI=1S/C11H16F3N3/c12-11(13,14)5-10-6-16-17(8-10)7-9-1-3-15-4-2-9/h6,8-9,15H,1-5,7H2. The zero-order valence-electron chi connectivity index (χ0n) is 9.50. The van der Waals surface area contributed by atoms with Gasteiger partial charge in [0.05, 0.1) is 12.6 Å². The van der Waals surface area contributed by atoms with Gasteiger partial charge in [0, 0.05) is 12.7 Å². The van der Waals surface area contributed by atoms with Crippen LogP contribution in [0.3, 0.4) is 0 Å². The second kappa shape index (κ2) is 5.08. The molecule has 1 aromatic rings. The first-order chi connectivity index (χ1) is 8.03. The summed E-state index contributed by atoms with van der Waals surface area (Å²) in [6.07, 6.45) is -0.0884. The van der Waals surface area contributed by atoms with E-state index in [-0.39, 0.29) is 5.56 Å². The number of nitrogens with one attached hydrogen (secondary N) is 1. The van der Waals surface area contributed by atoms with Gasteiger partial charge in [-0.3, -0.25) is 4.68 Å². The van der Waals surface area contributed by atoms with Crippen LogP contribution in [0.1, 0.15) is 18.4 Å². The summed E-state index contributed by atoms with van der Waals surface area (Å²) in [5.74, 6) is 0.523. The first kappa shape index (κ1) is 12.4. The largest absolute Gasteiger partial charge is 0.393 e. The van der Waals surface area contributed by atoms with Crippen molar-refractivity contribution in [3.63, 3.8) is 0 Å². The average molecular weight is 247 g/mol. The third-order valence-corrected chi connectivity index (χ3v) is 3.00. The van der Waals surface area contributed by atoms with E-state index < -0.39 is 12.6 Å². The van der Waals surface area contributed by atoms with Gasteiger partial charge < -0.3 is 5.32 Å². The molecular formula is C11H16F3N3. The molecule has 0 spiro atoms. The molecule has 0 aromatic carbocycles. The smallest absolute Gasteiger partial charge is 0.317 e. The molecule has 2 rings (SSSR count). The molecule has 1 aliphatic heterocycles. The van der Waals surface area contributed by atoms with E-state index in [2.05, 4.69) is 10.4 Å². The van der Waals surface area contributed by atoms with Gasteiger partial charge in [-0.1, -0.05) is 0 Å². The number of rotatable bonds is 3. The van der Waals surface area contributed by atoms with Crippen molar-refractivity contribution in [3.8, 4) is 0 Å². The summed E-state index contributed by atoms with van der Waals surface area (Å²) in [5, 5.41) is 7.25. The van der Waals surface area contributed by atoms with Gasteiger partial charge in [0.25, 0.3) is 0 Å². The lowest BCUT2D eigenvalue weighted by molar-refractivity contribution is -0.127. The Bertz CT molecular complexity index is 353. The first-order valence-electron chi connectivity index (χ1n) is 5.82. The number of nitrogens with zero attached hydrogens (tertiary/aromatic N) is 2. The lowest BCUT2D eigenvalue weighted by Crippen LogP contribution is -2.29. The van der Waals surface area contributed by atoms with E-state index in [1.165, 1.54) is 12.4 Å². The quantitative estimate of drug-likeness (QED) is 0.885. The van der Waals surface area contributed by atoms with Gasteiger partial charge in [-0.15, -0.1) is 0 Å². The maximum absolute atomic E-state index is 12.2. The molecule has 0 saturated carbocycles. The van der Waals surface area contributed by atoms with Crippen LogP contribution in [0.15, 0.2) is 12.4 Å². The highest BCUT2D eigenvalue weighted by atomic mass is 19.4. The van der Waals surface area contributed by atoms with E-state index in [4.69, 9.17) is 0 Å². The molecule has 1 fully saturated rings. The highest BCUT2D eigenvalue weighted by Gasteiger charge is 2.28. The van der Waals surface area contributed by atoms with E-state index in [1.807, 2.05) is 0 Å². The predicted molar refractivity (Wildman–Crippen MR) is 57.6 cm³/mol. The van der Waals surface area contributed by atoms with Crippen molar-refractivity contribution in [1.29, 1.82) is 0 Å². The first-order valence-corrected chi connectivity index (χ1v) is 5.82. The molecule has 0 amide bonds. The third-order valence-electron chi connectivity index (χ3n) is 3.00. The Hall–Kier alpha value is -1.04. The lowest BCUT2D eigenvalue weighted by atomic mass is 9.98. The van der Waals surface area contributed by atoms with Crippen LogP contribution in [0.5, 0.6) is 0 Å². The van der Waals surface area contributed by atoms with E-state index in [1.54, 1.807) is 4.68 Å². The minimum absolute atomic E-state index is 0.242. The molecule has 0 atom stereocenters. The van der Waals surface area contributed by atoms with Gasteiger partial charge in [0.1, 0.15) is 0 Å². The fourth-order valence-electron chi connectivity index (χ4n) is 2.16. The number of hydrogen-bond acceptors (Lipinski definition) is 2. The molecule has 3 nitrogen and oxygen atoms in total. The van der Waals surface area contributed by atoms with Crippen molar-refractivity contribution < 1.29 is 13.2 Å². The van der Waals surface area contributed by atoms with Gasteiger partial charge in [0.2, 0.25) is 0 Å². The molecular weight excluding hydrogens is 231 g/mol. The summed E-state index contributed by atoms with van der Waals surface area (Å²) >= 11 is 0. The van der Waals surface area contributed by atoms with Gasteiger partial charge in [-0.2, -0.15) is 18.3 Å². The highest BCUT2D eigenvalue weighted by Crippen LogP contribution is 2.21. The Morgan fingerprint density at radius 2 is 2.06 bits per heavy atom. The van der Waals surface area contributed by atoms with Crippen LogP contribution < -0.4 is 5.32 Å². The van der Waals surface area contributed by atoms with Crippen LogP contribution >= 0.6 is 0 Å². The van der Waals surface area contributed by atoms with E-state index in [9.17, 15) is 13.2 Å². The van der Waals surface area contributed by atoms with E-state index >= 15 is 0 Å². The van der Waals surface area contributed by atoms with Crippen LogP contribution in [0, 0.1) is 5.92 Å². The Morgan fingerprint density at radius 3 is 2.71 bits per heavy atom. The highest BCUT2D eigenvalue weighted by molar-refractivity contribution is 5.05. The number of halogens is 3. The van der Waals surface area contributed by atoms with Gasteiger partial charge in [-0.25, -0.2) is 0 Å². The van der Waals surface area contributed by atoms with Crippen molar-refractivity contribution in [2.75, 3.05) is 13.1 Å². The molecule has 0 aliphatic carbocycles. The number of hydrogen-bond donors (Lipinski definition) is 1. The fraction of sp³-hybridized carbons (Fsp3) is 0.727. The second-order valence-electron chi connectivity index (χ2n) is 4.56. The van der Waals surface area contributed by atoms with Gasteiger partial charge in [0.15, 0.2) is 0 Å². The molecule has 17 heavy (non-hydrogen) atoms. The minimum atomic E-state index is -4.15. The van der Waals surface area contributed by atoms with Crippen molar-refractivity contribution in [1.82, 2.24) is 15.1 Å². The van der Waals surface area contributed by atoms with E-state index in [0.29, 0.717) is 5.92 Å². The van der Waals surface area contributed by atoms with Gasteiger partial charge >= 0.3 is 6.18 Å². The molecule has 1 aliphatic rings. The average Bonchev–Trinajstić information content (AvgIpc) is 2.64. The molecule has 0 radical (unpaired) electrons. The van der Waals surface area contributed by atoms with Crippen molar-refractivity contribution in [2.45, 2.75) is 32.0 Å². The predicted octanol–water partition coefficient (Wildman–Crippen LogP) is 1.99. The van der Waals surface area contributed by atoms with Crippen LogP contribution in [0.25, 0.3) is 0 Å². The molecule has 96 valence electrons. The van der Waals surface area contributed by atoms with Crippen LogP contribution in [-0.2, 0) is 13.0 Å². The summed E-state index contributed by atoms with van der Waals surface area (Å²) in [4.78, 5) is 0. The normalized spacial score (nSPS) is 18.5. The summed E-state index contributed by atoms with van der Waals surface area (Å²) in [7, 11) is 0. The zero-order valence-corrected chi connectivity index (χ0v) is 9.50. The summed E-state index contributed by atoms with van der Waals surface area (Å²) in [6, 6.07) is 0. The number of aromatic nitrogens is 2. The minimum Gasteiger partial charge on any atom is -0.317 e. The maximum atomic E-state index is 12.2. The monoisotopic (exact) mass is 247 g/mol. The number of piperidine rings is 1. The Balaban J connectivity index is 1.89. The van der Waals surface area contributed by atoms with Crippen LogP contribution in [0.2, 0.25) is 0 Å². The molecule has 1 aromatic heterocycles. The second-order valence-corrected chi connectivity index (χ2v) is 4.56. The van der Waals surface area contributed by atoms with Crippen LogP contribution in [0.4, 0.5) is 13.2 Å². The Labute approximate surface area is 98.0 Å². The van der Waals surface area contributed by atoms with Crippen molar-refractivity contribution in [3.05, 3.63) is 18.0 Å². The van der Waals surface area contributed by atoms with Crippen LogP contribution in [-0.4, -0.2) is 29.0 Å². The summed E-state index contributed by atoms with van der Waals surface area (Å²) < 4.78 is 38.1. The van der Waals surface area contributed by atoms with Crippen molar-refractivity contribution >= 4 is 0 Å².